The highest BCUT2D eigenvalue weighted by atomic mass is 35.5. The standard InChI is InChI=1S/C10H13ClFN3OS/c1-6(15-17(16)10(2,3)4)8-7(12)5-13-9(11)14-8/h5H,1-4H3. The zero-order valence-electron chi connectivity index (χ0n) is 9.99. The first-order valence-corrected chi connectivity index (χ1v) is 6.36. The molecule has 0 saturated heterocycles. The molecule has 0 saturated carbocycles. The van der Waals surface area contributed by atoms with Crippen LogP contribution in [-0.4, -0.2) is 25.0 Å². The molecular formula is C10H13ClFN3OS. The zero-order chi connectivity index (χ0) is 13.2. The molecule has 0 aliphatic heterocycles. The van der Waals surface area contributed by atoms with Gasteiger partial charge in [0, 0.05) is 0 Å². The summed E-state index contributed by atoms with van der Waals surface area (Å²) in [6.45, 7) is 6.88. The van der Waals surface area contributed by atoms with Gasteiger partial charge in [-0.05, 0) is 39.3 Å². The van der Waals surface area contributed by atoms with Crippen molar-refractivity contribution in [3.63, 3.8) is 0 Å². The Morgan fingerprint density at radius 2 is 2.12 bits per heavy atom. The fraction of sp³-hybridized carbons (Fsp3) is 0.500. The Morgan fingerprint density at radius 3 is 2.65 bits per heavy atom. The maximum absolute atomic E-state index is 13.4. The molecule has 17 heavy (non-hydrogen) atoms. The van der Waals surface area contributed by atoms with E-state index in [0.29, 0.717) is 0 Å². The monoisotopic (exact) mass is 277 g/mol. The third-order valence-corrected chi connectivity index (χ3v) is 3.47. The lowest BCUT2D eigenvalue weighted by atomic mass is 10.3. The molecule has 0 N–H and O–H groups in total. The van der Waals surface area contributed by atoms with E-state index in [0.717, 1.165) is 6.20 Å². The summed E-state index contributed by atoms with van der Waals surface area (Å²) in [7, 11) is 0. The van der Waals surface area contributed by atoms with Crippen LogP contribution in [0.2, 0.25) is 5.28 Å². The Hall–Kier alpha value is -0.720. The van der Waals surface area contributed by atoms with Crippen LogP contribution in [0.5, 0.6) is 0 Å². The number of hydrogen-bond donors (Lipinski definition) is 0. The lowest BCUT2D eigenvalue weighted by Crippen LogP contribution is -2.27. The summed E-state index contributed by atoms with van der Waals surface area (Å²) < 4.78 is 28.6. The predicted octanol–water partition coefficient (Wildman–Crippen LogP) is 2.54. The average molecular weight is 278 g/mol. The third-order valence-electron chi connectivity index (χ3n) is 1.80. The van der Waals surface area contributed by atoms with Crippen LogP contribution < -0.4 is 0 Å². The Balaban J connectivity index is 3.08. The van der Waals surface area contributed by atoms with Crippen molar-refractivity contribution in [1.82, 2.24) is 9.97 Å². The topological polar surface area (TPSA) is 61.2 Å². The van der Waals surface area contributed by atoms with Crippen LogP contribution in [0.25, 0.3) is 0 Å². The molecule has 0 aliphatic rings. The van der Waals surface area contributed by atoms with Crippen molar-refractivity contribution in [2.75, 3.05) is 0 Å². The van der Waals surface area contributed by atoms with Gasteiger partial charge >= 0.3 is 0 Å². The summed E-state index contributed by atoms with van der Waals surface area (Å²) in [5.41, 5.74) is 0.211. The summed E-state index contributed by atoms with van der Waals surface area (Å²) in [5, 5.41) is -0.0718. The van der Waals surface area contributed by atoms with E-state index < -0.39 is 21.9 Å². The van der Waals surface area contributed by atoms with Gasteiger partial charge in [-0.1, -0.05) is 4.40 Å². The third kappa shape index (κ3) is 3.90. The minimum absolute atomic E-state index is 0.0254. The highest BCUT2D eigenvalue weighted by Gasteiger charge is 2.27. The number of aromatic nitrogens is 2. The van der Waals surface area contributed by atoms with E-state index in [4.69, 9.17) is 11.6 Å². The molecule has 4 nitrogen and oxygen atoms in total. The first kappa shape index (κ1) is 14.3. The molecule has 0 radical (unpaired) electrons. The molecule has 0 aliphatic carbocycles. The molecule has 0 bridgehead atoms. The van der Waals surface area contributed by atoms with Gasteiger partial charge in [0.1, 0.15) is 27.5 Å². The number of halogens is 2. The minimum atomic E-state index is -1.46. The van der Waals surface area contributed by atoms with Crippen molar-refractivity contribution in [2.45, 2.75) is 32.4 Å². The van der Waals surface area contributed by atoms with Crippen LogP contribution in [-0.2, 0) is 11.4 Å². The average Bonchev–Trinajstić information content (AvgIpc) is 2.20. The van der Waals surface area contributed by atoms with Gasteiger partial charge in [0.2, 0.25) is 5.28 Å². The Bertz CT molecular complexity index is 448. The molecule has 1 heterocycles. The first-order chi connectivity index (χ1) is 7.71. The molecule has 0 aromatic carbocycles. The van der Waals surface area contributed by atoms with Crippen molar-refractivity contribution in [2.24, 2.45) is 4.40 Å². The number of rotatable bonds is 2. The molecule has 7 heteroatoms. The molecule has 1 rings (SSSR count). The lowest BCUT2D eigenvalue weighted by molar-refractivity contribution is 0.561. The fourth-order valence-corrected chi connectivity index (χ4v) is 1.65. The number of nitrogens with zero attached hydrogens (tertiary/aromatic N) is 3. The summed E-state index contributed by atoms with van der Waals surface area (Å²) in [6.07, 6.45) is 0.962. The van der Waals surface area contributed by atoms with Crippen LogP contribution >= 0.6 is 11.6 Å². The van der Waals surface area contributed by atoms with Crippen molar-refractivity contribution in [3.8, 4) is 0 Å². The van der Waals surface area contributed by atoms with Crippen LogP contribution in [0.3, 0.4) is 0 Å². The molecule has 1 aromatic heterocycles. The molecule has 1 unspecified atom stereocenters. The SMILES string of the molecule is CC(=N[S+]([O-])C(C)(C)C)c1nc(Cl)ncc1F. The predicted molar refractivity (Wildman–Crippen MR) is 67.1 cm³/mol. The largest absolute Gasteiger partial charge is 0.591 e. The van der Waals surface area contributed by atoms with Gasteiger partial charge in [0.05, 0.1) is 6.20 Å². The Morgan fingerprint density at radius 1 is 1.53 bits per heavy atom. The van der Waals surface area contributed by atoms with Gasteiger partial charge in [0.15, 0.2) is 5.82 Å². The summed E-state index contributed by atoms with van der Waals surface area (Å²) >= 11 is 4.10. The van der Waals surface area contributed by atoms with E-state index in [1.54, 1.807) is 20.8 Å². The van der Waals surface area contributed by atoms with Crippen molar-refractivity contribution in [3.05, 3.63) is 23.0 Å². The minimum Gasteiger partial charge on any atom is -0.591 e. The number of hydrogen-bond acceptors (Lipinski definition) is 4. The highest BCUT2D eigenvalue weighted by molar-refractivity contribution is 7.91. The van der Waals surface area contributed by atoms with E-state index in [9.17, 15) is 8.94 Å². The molecule has 0 spiro atoms. The van der Waals surface area contributed by atoms with Gasteiger partial charge < -0.3 is 4.55 Å². The van der Waals surface area contributed by atoms with E-state index in [2.05, 4.69) is 14.4 Å². The van der Waals surface area contributed by atoms with Gasteiger partial charge in [-0.2, -0.15) is 0 Å². The molecule has 0 fully saturated rings. The summed E-state index contributed by atoms with van der Waals surface area (Å²) in [4.78, 5) is 7.22. The van der Waals surface area contributed by atoms with Gasteiger partial charge in [-0.25, -0.2) is 14.4 Å². The van der Waals surface area contributed by atoms with E-state index in [1.165, 1.54) is 6.92 Å². The van der Waals surface area contributed by atoms with E-state index >= 15 is 0 Å². The van der Waals surface area contributed by atoms with Gasteiger partial charge in [0.25, 0.3) is 0 Å². The molecule has 1 atom stereocenters. The molecule has 0 amide bonds. The molecule has 94 valence electrons. The normalized spacial score (nSPS) is 14.9. The van der Waals surface area contributed by atoms with Crippen LogP contribution in [0.15, 0.2) is 10.6 Å². The zero-order valence-corrected chi connectivity index (χ0v) is 11.6. The second-order valence-electron chi connectivity index (χ2n) is 4.37. The van der Waals surface area contributed by atoms with E-state index in [-0.39, 0.29) is 16.7 Å². The first-order valence-electron chi connectivity index (χ1n) is 4.87. The van der Waals surface area contributed by atoms with Crippen molar-refractivity contribution >= 4 is 28.7 Å². The molecular weight excluding hydrogens is 265 g/mol. The lowest BCUT2D eigenvalue weighted by Gasteiger charge is -2.18. The quantitative estimate of drug-likeness (QED) is 0.474. The van der Waals surface area contributed by atoms with Gasteiger partial charge in [-0.3, -0.25) is 0 Å². The maximum Gasteiger partial charge on any atom is 0.223 e. The van der Waals surface area contributed by atoms with Crippen molar-refractivity contribution < 1.29 is 8.94 Å². The second-order valence-corrected chi connectivity index (χ2v) is 6.62. The summed E-state index contributed by atoms with van der Waals surface area (Å²) in [6, 6.07) is 0. The fourth-order valence-electron chi connectivity index (χ4n) is 0.904. The summed E-state index contributed by atoms with van der Waals surface area (Å²) in [5.74, 6) is -0.637. The van der Waals surface area contributed by atoms with E-state index in [1.807, 2.05) is 0 Å². The Labute approximate surface area is 108 Å². The Kier molecular flexibility index (Phi) is 4.46. The van der Waals surface area contributed by atoms with Crippen LogP contribution in [0.4, 0.5) is 4.39 Å². The van der Waals surface area contributed by atoms with Crippen molar-refractivity contribution in [1.29, 1.82) is 0 Å². The van der Waals surface area contributed by atoms with Crippen LogP contribution in [0, 0.1) is 5.82 Å². The maximum atomic E-state index is 13.4. The molecule has 1 aromatic rings. The van der Waals surface area contributed by atoms with Crippen LogP contribution in [0.1, 0.15) is 33.4 Å². The van der Waals surface area contributed by atoms with Gasteiger partial charge in [-0.15, -0.1) is 0 Å². The highest BCUT2D eigenvalue weighted by Crippen LogP contribution is 2.18. The second kappa shape index (κ2) is 5.29. The smallest absolute Gasteiger partial charge is 0.223 e.